The normalized spacial score (nSPS) is 14.8. The maximum Gasteiger partial charge on any atom is 0.475 e. The molecule has 44 heavy (non-hydrogen) atoms. The zero-order valence-corrected chi connectivity index (χ0v) is 28.2. The Kier molecular flexibility index (Phi) is 15.3. The first-order valence-corrected chi connectivity index (χ1v) is 17.5. The number of rotatable bonds is 21. The van der Waals surface area contributed by atoms with Crippen molar-refractivity contribution in [2.75, 3.05) is 39.6 Å². The molecule has 0 spiro atoms. The minimum absolute atomic E-state index is 0.0293. The zero-order chi connectivity index (χ0) is 31.8. The van der Waals surface area contributed by atoms with E-state index in [0.29, 0.717) is 17.8 Å². The summed E-state index contributed by atoms with van der Waals surface area (Å²) in [5, 5.41) is 0. The lowest BCUT2D eigenvalue weighted by Crippen LogP contribution is -2.14. The average molecular weight is 627 g/mol. The van der Waals surface area contributed by atoms with Gasteiger partial charge in [-0.15, -0.1) is 0 Å². The smallest absolute Gasteiger partial charge is 0.475 e. The highest BCUT2D eigenvalue weighted by Crippen LogP contribution is 2.49. The van der Waals surface area contributed by atoms with Crippen LogP contribution in [0.1, 0.15) is 95.2 Å². The molecule has 0 aromatic heterocycles. The first-order chi connectivity index (χ1) is 21.3. The largest absolute Gasteiger partial charge is 0.491 e. The summed E-state index contributed by atoms with van der Waals surface area (Å²) in [7, 11) is -3.93. The molecule has 0 saturated carbocycles. The molecule has 0 amide bonds. The van der Waals surface area contributed by atoms with Gasteiger partial charge in [0, 0.05) is 0 Å². The second kappa shape index (κ2) is 18.9. The van der Waals surface area contributed by atoms with Gasteiger partial charge in [0.25, 0.3) is 0 Å². The van der Waals surface area contributed by atoms with Gasteiger partial charge in [-0.25, -0.2) is 4.57 Å². The Morgan fingerprint density at radius 2 is 0.750 bits per heavy atom. The molecule has 8 heteroatoms. The molecule has 0 aliphatic carbocycles. The molecule has 3 atom stereocenters. The summed E-state index contributed by atoms with van der Waals surface area (Å²) >= 11 is 0. The van der Waals surface area contributed by atoms with Crippen molar-refractivity contribution >= 4 is 7.82 Å². The highest BCUT2D eigenvalue weighted by atomic mass is 31.2. The zero-order valence-electron chi connectivity index (χ0n) is 27.3. The Labute approximate surface area is 264 Å². The number of hydrogen-bond donors (Lipinski definition) is 0. The summed E-state index contributed by atoms with van der Waals surface area (Å²) in [6, 6.07) is 23.9. The minimum atomic E-state index is -3.93. The van der Waals surface area contributed by atoms with Gasteiger partial charge in [-0.2, -0.15) is 0 Å². The van der Waals surface area contributed by atoms with Gasteiger partial charge in [-0.05, 0) is 71.9 Å². The van der Waals surface area contributed by atoms with Crippen LogP contribution in [0, 0.1) is 0 Å². The summed E-state index contributed by atoms with van der Waals surface area (Å²) in [6.07, 6.45) is 3.00. The molecule has 3 unspecified atom stereocenters. The third kappa shape index (κ3) is 11.0. The van der Waals surface area contributed by atoms with Gasteiger partial charge in [-0.1, -0.05) is 96.1 Å². The predicted molar refractivity (Wildman–Crippen MR) is 177 cm³/mol. The average Bonchev–Trinajstić information content (AvgIpc) is 3.06. The van der Waals surface area contributed by atoms with Gasteiger partial charge in [0.1, 0.15) is 37.1 Å². The third-order valence-corrected chi connectivity index (χ3v) is 9.45. The summed E-state index contributed by atoms with van der Waals surface area (Å²) in [5.74, 6) is 3.47. The maximum atomic E-state index is 13.7. The lowest BCUT2D eigenvalue weighted by Gasteiger charge is -2.20. The molecule has 0 heterocycles. The fraction of sp³-hybridized carbons (Fsp3) is 0.500. The van der Waals surface area contributed by atoms with Crippen molar-refractivity contribution in [1.29, 1.82) is 0 Å². The van der Waals surface area contributed by atoms with E-state index in [1.165, 1.54) is 0 Å². The number of phosphoric ester groups is 1. The standard InChI is InChI=1S/C36H51O7P/c1-7-28(4)31-16-10-13-19-34(31)38-22-25-41-44(37,42-26-23-39-35-20-14-11-17-32(35)29(5)8-2)43-27-24-40-36-21-15-12-18-33(36)30(6)9-3/h10-21,28-30H,7-9,22-27H2,1-6H3. The summed E-state index contributed by atoms with van der Waals surface area (Å²) < 4.78 is 48.9. The van der Waals surface area contributed by atoms with Crippen molar-refractivity contribution in [1.82, 2.24) is 0 Å². The fourth-order valence-electron chi connectivity index (χ4n) is 4.73. The van der Waals surface area contributed by atoms with Crippen molar-refractivity contribution < 1.29 is 32.3 Å². The molecule has 0 N–H and O–H groups in total. The predicted octanol–water partition coefficient (Wildman–Crippen LogP) is 9.92. The third-order valence-electron chi connectivity index (χ3n) is 7.96. The Bertz CT molecular complexity index is 1140. The molecular formula is C36H51O7P. The Hall–Kier alpha value is -2.83. The molecule has 0 bridgehead atoms. The van der Waals surface area contributed by atoms with Gasteiger partial charge in [0.15, 0.2) is 0 Å². The molecular weight excluding hydrogens is 575 g/mol. The van der Waals surface area contributed by atoms with Crippen LogP contribution in [0.4, 0.5) is 0 Å². The topological polar surface area (TPSA) is 72.5 Å². The Balaban J connectivity index is 1.59. The Morgan fingerprint density at radius 3 is 1.02 bits per heavy atom. The van der Waals surface area contributed by atoms with Gasteiger partial charge >= 0.3 is 7.82 Å². The van der Waals surface area contributed by atoms with Crippen molar-refractivity contribution in [2.24, 2.45) is 0 Å². The second-order valence-electron chi connectivity index (χ2n) is 11.0. The van der Waals surface area contributed by atoms with Crippen LogP contribution in [0.15, 0.2) is 72.8 Å². The molecule has 0 aliphatic heterocycles. The van der Waals surface area contributed by atoms with Gasteiger partial charge < -0.3 is 14.2 Å². The van der Waals surface area contributed by atoms with E-state index in [1.54, 1.807) is 0 Å². The molecule has 3 aromatic rings. The fourth-order valence-corrected chi connectivity index (χ4v) is 5.85. The van der Waals surface area contributed by atoms with Crippen molar-refractivity contribution in [3.8, 4) is 17.2 Å². The van der Waals surface area contributed by atoms with Crippen molar-refractivity contribution in [3.05, 3.63) is 89.5 Å². The molecule has 0 saturated heterocycles. The Morgan fingerprint density at radius 1 is 0.477 bits per heavy atom. The minimum Gasteiger partial charge on any atom is -0.491 e. The van der Waals surface area contributed by atoms with E-state index >= 15 is 0 Å². The number of hydrogen-bond acceptors (Lipinski definition) is 7. The highest BCUT2D eigenvalue weighted by molar-refractivity contribution is 7.48. The van der Waals surface area contributed by atoms with Crippen LogP contribution in [0.2, 0.25) is 0 Å². The lowest BCUT2D eigenvalue weighted by molar-refractivity contribution is 0.0802. The monoisotopic (exact) mass is 626 g/mol. The molecule has 242 valence electrons. The van der Waals surface area contributed by atoms with E-state index in [1.807, 2.05) is 54.6 Å². The van der Waals surface area contributed by atoms with Gasteiger partial charge in [-0.3, -0.25) is 13.6 Å². The number of benzene rings is 3. The van der Waals surface area contributed by atoms with E-state index in [-0.39, 0.29) is 39.6 Å². The van der Waals surface area contributed by atoms with E-state index in [9.17, 15) is 4.57 Å². The number of para-hydroxylation sites is 3. The first-order valence-electron chi connectivity index (χ1n) is 16.0. The SMILES string of the molecule is CCC(C)c1ccccc1OCCOP(=O)(OCCOc1ccccc1C(C)CC)OCCOc1ccccc1C(C)CC. The van der Waals surface area contributed by atoms with Crippen molar-refractivity contribution in [3.63, 3.8) is 0 Å². The summed E-state index contributed by atoms with van der Waals surface area (Å²) in [4.78, 5) is 0. The van der Waals surface area contributed by atoms with E-state index in [0.717, 1.165) is 53.2 Å². The highest BCUT2D eigenvalue weighted by Gasteiger charge is 2.27. The van der Waals surface area contributed by atoms with Crippen LogP contribution < -0.4 is 14.2 Å². The quantitative estimate of drug-likeness (QED) is 0.0861. The molecule has 0 fully saturated rings. The number of phosphoric acid groups is 1. The maximum absolute atomic E-state index is 13.7. The molecule has 0 aliphatic rings. The summed E-state index contributed by atoms with van der Waals surface area (Å²) in [5.41, 5.74) is 3.40. The van der Waals surface area contributed by atoms with Crippen LogP contribution in [0.25, 0.3) is 0 Å². The molecule has 0 radical (unpaired) electrons. The van der Waals surface area contributed by atoms with E-state index in [2.05, 4.69) is 59.7 Å². The van der Waals surface area contributed by atoms with Crippen LogP contribution in [0.3, 0.4) is 0 Å². The van der Waals surface area contributed by atoms with Crippen LogP contribution in [-0.2, 0) is 18.1 Å². The van der Waals surface area contributed by atoms with Crippen molar-refractivity contribution in [2.45, 2.75) is 78.6 Å². The second-order valence-corrected chi connectivity index (χ2v) is 12.7. The van der Waals surface area contributed by atoms with Gasteiger partial charge in [0.05, 0.1) is 19.8 Å². The molecule has 7 nitrogen and oxygen atoms in total. The van der Waals surface area contributed by atoms with Crippen LogP contribution in [-0.4, -0.2) is 39.6 Å². The molecule has 3 rings (SSSR count). The molecule has 3 aromatic carbocycles. The van der Waals surface area contributed by atoms with E-state index < -0.39 is 7.82 Å². The summed E-state index contributed by atoms with van der Waals surface area (Å²) in [6.45, 7) is 13.6. The first kappa shape index (κ1) is 35.6. The lowest BCUT2D eigenvalue weighted by atomic mass is 9.98. The van der Waals surface area contributed by atoms with Crippen LogP contribution in [0.5, 0.6) is 17.2 Å². The van der Waals surface area contributed by atoms with E-state index in [4.69, 9.17) is 27.8 Å². The number of ether oxygens (including phenoxy) is 3. The van der Waals surface area contributed by atoms with Crippen LogP contribution >= 0.6 is 7.82 Å². The van der Waals surface area contributed by atoms with Gasteiger partial charge in [0.2, 0.25) is 0 Å².